The third-order valence-electron chi connectivity index (χ3n) is 2.09. The number of hydrogen-bond acceptors (Lipinski definition) is 3. The molecule has 0 amide bonds. The van der Waals surface area contributed by atoms with Crippen molar-refractivity contribution in [3.63, 3.8) is 0 Å². The van der Waals surface area contributed by atoms with Crippen molar-refractivity contribution in [2.24, 2.45) is 0 Å². The van der Waals surface area contributed by atoms with Gasteiger partial charge in [0.15, 0.2) is 0 Å². The summed E-state index contributed by atoms with van der Waals surface area (Å²) in [7, 11) is 1.81. The molecule has 5 heteroatoms. The van der Waals surface area contributed by atoms with Crippen molar-refractivity contribution in [2.75, 3.05) is 12.4 Å². The van der Waals surface area contributed by atoms with Crippen LogP contribution in [0, 0.1) is 0 Å². The smallest absolute Gasteiger partial charge is 0.221 e. The van der Waals surface area contributed by atoms with Crippen molar-refractivity contribution in [1.82, 2.24) is 4.98 Å². The molecule has 0 aliphatic carbocycles. The molecule has 0 radical (unpaired) electrons. The van der Waals surface area contributed by atoms with Gasteiger partial charge in [-0.1, -0.05) is 17.7 Å². The van der Waals surface area contributed by atoms with Crippen molar-refractivity contribution in [1.29, 1.82) is 0 Å². The van der Waals surface area contributed by atoms with E-state index in [-0.39, 0.29) is 0 Å². The molecule has 0 unspecified atom stereocenters. The Labute approximate surface area is 113 Å². The third kappa shape index (κ3) is 3.11. The number of rotatable bonds is 3. The molecule has 0 bridgehead atoms. The zero-order chi connectivity index (χ0) is 12.3. The number of aromatic nitrogens is 1. The first kappa shape index (κ1) is 12.2. The standard InChI is InChI=1S/C12H10BrClN2O/c1-15-11-3-2-4-12(16-11)17-10-6-5-8(14)7-9(10)13/h2-7H,1H3,(H,15,16). The number of anilines is 1. The summed E-state index contributed by atoms with van der Waals surface area (Å²) in [5.74, 6) is 1.96. The van der Waals surface area contributed by atoms with E-state index in [1.54, 1.807) is 24.3 Å². The molecule has 1 aromatic heterocycles. The monoisotopic (exact) mass is 312 g/mol. The lowest BCUT2D eigenvalue weighted by Crippen LogP contribution is -1.94. The van der Waals surface area contributed by atoms with Gasteiger partial charge in [0.1, 0.15) is 11.6 Å². The third-order valence-corrected chi connectivity index (χ3v) is 2.94. The molecule has 3 nitrogen and oxygen atoms in total. The van der Waals surface area contributed by atoms with Crippen LogP contribution in [0.25, 0.3) is 0 Å². The first-order valence-electron chi connectivity index (χ1n) is 4.97. The van der Waals surface area contributed by atoms with Crippen LogP contribution in [-0.4, -0.2) is 12.0 Å². The maximum atomic E-state index is 5.86. The number of nitrogens with one attached hydrogen (secondary N) is 1. The Morgan fingerprint density at radius 2 is 2.12 bits per heavy atom. The van der Waals surface area contributed by atoms with Crippen molar-refractivity contribution >= 4 is 33.3 Å². The predicted molar refractivity (Wildman–Crippen MR) is 73.0 cm³/mol. The summed E-state index contributed by atoms with van der Waals surface area (Å²) < 4.78 is 6.44. The minimum atomic E-state index is 0.528. The molecule has 2 rings (SSSR count). The van der Waals surface area contributed by atoms with Crippen LogP contribution < -0.4 is 10.1 Å². The number of pyridine rings is 1. The number of ether oxygens (including phenoxy) is 1. The first-order valence-corrected chi connectivity index (χ1v) is 6.14. The van der Waals surface area contributed by atoms with Crippen LogP contribution in [-0.2, 0) is 0 Å². The summed E-state index contributed by atoms with van der Waals surface area (Å²) in [6, 6.07) is 10.9. The van der Waals surface area contributed by atoms with E-state index in [9.17, 15) is 0 Å². The summed E-state index contributed by atoms with van der Waals surface area (Å²) >= 11 is 9.24. The van der Waals surface area contributed by atoms with Gasteiger partial charge in [0, 0.05) is 18.1 Å². The highest BCUT2D eigenvalue weighted by Gasteiger charge is 2.04. The zero-order valence-corrected chi connectivity index (χ0v) is 11.4. The van der Waals surface area contributed by atoms with Gasteiger partial charge < -0.3 is 10.1 Å². The SMILES string of the molecule is CNc1cccc(Oc2ccc(Cl)cc2Br)n1. The fourth-order valence-electron chi connectivity index (χ4n) is 1.28. The zero-order valence-electron chi connectivity index (χ0n) is 9.08. The van der Waals surface area contributed by atoms with E-state index in [0.29, 0.717) is 16.7 Å². The molecule has 0 saturated carbocycles. The van der Waals surface area contributed by atoms with Crippen molar-refractivity contribution in [3.8, 4) is 11.6 Å². The van der Waals surface area contributed by atoms with Crippen LogP contribution in [0.2, 0.25) is 5.02 Å². The predicted octanol–water partition coefficient (Wildman–Crippen LogP) is 4.33. The van der Waals surface area contributed by atoms with Gasteiger partial charge in [0.2, 0.25) is 5.88 Å². The van der Waals surface area contributed by atoms with Crippen LogP contribution in [0.15, 0.2) is 40.9 Å². The van der Waals surface area contributed by atoms with Crippen LogP contribution >= 0.6 is 27.5 Å². The number of benzene rings is 1. The topological polar surface area (TPSA) is 34.1 Å². The molecule has 0 fully saturated rings. The highest BCUT2D eigenvalue weighted by Crippen LogP contribution is 2.31. The molecule has 1 aromatic carbocycles. The Bertz CT molecular complexity index is 534. The highest BCUT2D eigenvalue weighted by molar-refractivity contribution is 9.10. The second kappa shape index (κ2) is 5.38. The van der Waals surface area contributed by atoms with Crippen LogP contribution in [0.1, 0.15) is 0 Å². The van der Waals surface area contributed by atoms with Crippen molar-refractivity contribution < 1.29 is 4.74 Å². The Morgan fingerprint density at radius 3 is 2.82 bits per heavy atom. The Morgan fingerprint density at radius 1 is 1.29 bits per heavy atom. The molecule has 88 valence electrons. The molecule has 0 aliphatic heterocycles. The minimum absolute atomic E-state index is 0.528. The van der Waals surface area contributed by atoms with E-state index in [1.165, 1.54) is 0 Å². The Hall–Kier alpha value is -1.26. The van der Waals surface area contributed by atoms with E-state index in [1.807, 2.05) is 19.2 Å². The maximum Gasteiger partial charge on any atom is 0.221 e. The van der Waals surface area contributed by atoms with E-state index in [0.717, 1.165) is 10.3 Å². The van der Waals surface area contributed by atoms with E-state index >= 15 is 0 Å². The number of nitrogens with zero attached hydrogens (tertiary/aromatic N) is 1. The van der Waals surface area contributed by atoms with Gasteiger partial charge in [-0.05, 0) is 40.2 Å². The van der Waals surface area contributed by atoms with Crippen molar-refractivity contribution in [2.45, 2.75) is 0 Å². The average molecular weight is 314 g/mol. The van der Waals surface area contributed by atoms with E-state index in [4.69, 9.17) is 16.3 Å². The van der Waals surface area contributed by atoms with Crippen LogP contribution in [0.3, 0.4) is 0 Å². The normalized spacial score (nSPS) is 10.1. The average Bonchev–Trinajstić information content (AvgIpc) is 2.33. The van der Waals surface area contributed by atoms with Gasteiger partial charge in [0.05, 0.1) is 4.47 Å². The minimum Gasteiger partial charge on any atom is -0.438 e. The molecule has 0 atom stereocenters. The molecule has 17 heavy (non-hydrogen) atoms. The molecule has 0 spiro atoms. The lowest BCUT2D eigenvalue weighted by Gasteiger charge is -2.08. The van der Waals surface area contributed by atoms with Gasteiger partial charge >= 0.3 is 0 Å². The van der Waals surface area contributed by atoms with Gasteiger partial charge in [-0.15, -0.1) is 0 Å². The quantitative estimate of drug-likeness (QED) is 0.915. The second-order valence-corrected chi connectivity index (χ2v) is 4.58. The Kier molecular flexibility index (Phi) is 3.86. The van der Waals surface area contributed by atoms with Crippen molar-refractivity contribution in [3.05, 3.63) is 45.9 Å². The molecule has 1 N–H and O–H groups in total. The fraction of sp³-hybridized carbons (Fsp3) is 0.0833. The largest absolute Gasteiger partial charge is 0.438 e. The lowest BCUT2D eigenvalue weighted by molar-refractivity contribution is 0.461. The van der Waals surface area contributed by atoms with E-state index in [2.05, 4.69) is 26.2 Å². The first-order chi connectivity index (χ1) is 8.19. The summed E-state index contributed by atoms with van der Waals surface area (Å²) in [6.45, 7) is 0. The Balaban J connectivity index is 2.25. The van der Waals surface area contributed by atoms with Crippen LogP contribution in [0.4, 0.5) is 5.82 Å². The molecule has 0 aliphatic rings. The maximum absolute atomic E-state index is 5.86. The second-order valence-electron chi connectivity index (χ2n) is 3.29. The summed E-state index contributed by atoms with van der Waals surface area (Å²) in [4.78, 5) is 4.26. The molecule has 0 saturated heterocycles. The van der Waals surface area contributed by atoms with Gasteiger partial charge in [-0.2, -0.15) is 4.98 Å². The highest BCUT2D eigenvalue weighted by atomic mass is 79.9. The summed E-state index contributed by atoms with van der Waals surface area (Å²) in [5.41, 5.74) is 0. The van der Waals surface area contributed by atoms with Gasteiger partial charge in [-0.25, -0.2) is 0 Å². The van der Waals surface area contributed by atoms with E-state index < -0.39 is 0 Å². The molecular weight excluding hydrogens is 304 g/mol. The molecule has 2 aromatic rings. The molecule has 1 heterocycles. The number of hydrogen-bond donors (Lipinski definition) is 1. The lowest BCUT2D eigenvalue weighted by atomic mass is 10.3. The summed E-state index contributed by atoms with van der Waals surface area (Å²) in [6.07, 6.45) is 0. The molecular formula is C12H10BrClN2O. The van der Waals surface area contributed by atoms with Crippen LogP contribution in [0.5, 0.6) is 11.6 Å². The fourth-order valence-corrected chi connectivity index (χ4v) is 2.05. The summed E-state index contributed by atoms with van der Waals surface area (Å²) in [5, 5.41) is 3.61. The van der Waals surface area contributed by atoms with Gasteiger partial charge in [-0.3, -0.25) is 0 Å². The number of halogens is 2. The van der Waals surface area contributed by atoms with Gasteiger partial charge in [0.25, 0.3) is 0 Å².